The average Bonchev–Trinajstić information content (AvgIpc) is 3.08. The van der Waals surface area contributed by atoms with Crippen molar-refractivity contribution in [3.05, 3.63) is 35.9 Å². The maximum atomic E-state index is 12.1. The zero-order valence-electron chi connectivity index (χ0n) is 13.8. The fourth-order valence-electron chi connectivity index (χ4n) is 3.07. The lowest BCUT2D eigenvalue weighted by atomic mass is 10.0. The van der Waals surface area contributed by atoms with Crippen LogP contribution in [-0.4, -0.2) is 49.2 Å². The standard InChI is InChI=1S/C18H28N2O2/c1-3-20(4-2)16(13-15-9-6-5-7-10-15)14-19-18(21)17-11-8-12-22-17/h5-7,9-10,16-17H,3-4,8,11-14H2,1-2H3,(H,19,21). The van der Waals surface area contributed by atoms with Crippen molar-refractivity contribution < 1.29 is 9.53 Å². The van der Waals surface area contributed by atoms with E-state index in [1.807, 2.05) is 6.07 Å². The molecule has 1 aromatic carbocycles. The number of likely N-dealkylation sites (N-methyl/N-ethyl adjacent to an activating group) is 1. The smallest absolute Gasteiger partial charge is 0.249 e. The second kappa shape index (κ2) is 8.91. The molecule has 0 bridgehead atoms. The molecule has 1 aliphatic rings. The number of hydrogen-bond donors (Lipinski definition) is 1. The van der Waals surface area contributed by atoms with Gasteiger partial charge in [-0.3, -0.25) is 9.69 Å². The summed E-state index contributed by atoms with van der Waals surface area (Å²) < 4.78 is 5.45. The van der Waals surface area contributed by atoms with Crippen LogP contribution in [0.4, 0.5) is 0 Å². The Balaban J connectivity index is 1.93. The summed E-state index contributed by atoms with van der Waals surface area (Å²) in [5.74, 6) is 0.0442. The first-order chi connectivity index (χ1) is 10.7. The van der Waals surface area contributed by atoms with Crippen molar-refractivity contribution in [3.63, 3.8) is 0 Å². The van der Waals surface area contributed by atoms with Gasteiger partial charge in [-0.25, -0.2) is 0 Å². The van der Waals surface area contributed by atoms with Gasteiger partial charge >= 0.3 is 0 Å². The lowest BCUT2D eigenvalue weighted by molar-refractivity contribution is -0.130. The van der Waals surface area contributed by atoms with E-state index >= 15 is 0 Å². The van der Waals surface area contributed by atoms with Crippen LogP contribution in [0.25, 0.3) is 0 Å². The highest BCUT2D eigenvalue weighted by Gasteiger charge is 2.25. The Labute approximate surface area is 133 Å². The van der Waals surface area contributed by atoms with Crippen molar-refractivity contribution >= 4 is 5.91 Å². The van der Waals surface area contributed by atoms with Crippen LogP contribution in [0.1, 0.15) is 32.3 Å². The topological polar surface area (TPSA) is 41.6 Å². The predicted octanol–water partition coefficient (Wildman–Crippen LogP) is 2.23. The van der Waals surface area contributed by atoms with Crippen LogP contribution in [-0.2, 0) is 16.0 Å². The van der Waals surface area contributed by atoms with Gasteiger partial charge in [-0.2, -0.15) is 0 Å². The molecule has 1 saturated heterocycles. The SMILES string of the molecule is CCN(CC)C(CNC(=O)C1CCCO1)Cc1ccccc1. The number of amides is 1. The van der Waals surface area contributed by atoms with Gasteiger partial charge in [-0.15, -0.1) is 0 Å². The number of carbonyl (C=O) groups is 1. The van der Waals surface area contributed by atoms with Gasteiger partial charge in [0.15, 0.2) is 0 Å². The largest absolute Gasteiger partial charge is 0.368 e. The lowest BCUT2D eigenvalue weighted by Crippen LogP contribution is -2.47. The molecular formula is C18H28N2O2. The van der Waals surface area contributed by atoms with Crippen molar-refractivity contribution in [3.8, 4) is 0 Å². The van der Waals surface area contributed by atoms with Gasteiger partial charge < -0.3 is 10.1 Å². The lowest BCUT2D eigenvalue weighted by Gasteiger charge is -2.30. The Morgan fingerprint density at radius 1 is 1.32 bits per heavy atom. The molecule has 0 radical (unpaired) electrons. The maximum Gasteiger partial charge on any atom is 0.249 e. The summed E-state index contributed by atoms with van der Waals surface area (Å²) in [4.78, 5) is 14.6. The molecule has 22 heavy (non-hydrogen) atoms. The quantitative estimate of drug-likeness (QED) is 0.801. The van der Waals surface area contributed by atoms with Gasteiger partial charge in [0.05, 0.1) is 0 Å². The molecular weight excluding hydrogens is 276 g/mol. The predicted molar refractivity (Wildman–Crippen MR) is 88.8 cm³/mol. The minimum absolute atomic E-state index is 0.0442. The molecule has 2 unspecified atom stereocenters. The van der Waals surface area contributed by atoms with E-state index in [-0.39, 0.29) is 12.0 Å². The summed E-state index contributed by atoms with van der Waals surface area (Å²) in [6, 6.07) is 10.8. The molecule has 1 aliphatic heterocycles. The number of hydrogen-bond acceptors (Lipinski definition) is 3. The molecule has 1 heterocycles. The van der Waals surface area contributed by atoms with Gasteiger partial charge in [0.2, 0.25) is 5.91 Å². The monoisotopic (exact) mass is 304 g/mol. The summed E-state index contributed by atoms with van der Waals surface area (Å²) in [7, 11) is 0. The van der Waals surface area contributed by atoms with Gasteiger partial charge in [0.25, 0.3) is 0 Å². The van der Waals surface area contributed by atoms with Gasteiger partial charge in [0, 0.05) is 19.2 Å². The number of carbonyl (C=O) groups excluding carboxylic acids is 1. The molecule has 1 fully saturated rings. The van der Waals surface area contributed by atoms with Gasteiger partial charge in [-0.1, -0.05) is 44.2 Å². The van der Waals surface area contributed by atoms with E-state index in [0.717, 1.165) is 32.4 Å². The second-order valence-electron chi connectivity index (χ2n) is 5.81. The number of nitrogens with zero attached hydrogens (tertiary/aromatic N) is 1. The van der Waals surface area contributed by atoms with E-state index in [1.54, 1.807) is 0 Å². The minimum atomic E-state index is -0.242. The highest BCUT2D eigenvalue weighted by atomic mass is 16.5. The van der Waals surface area contributed by atoms with Crippen LogP contribution in [0, 0.1) is 0 Å². The molecule has 4 nitrogen and oxygen atoms in total. The Morgan fingerprint density at radius 2 is 2.05 bits per heavy atom. The number of benzene rings is 1. The molecule has 2 rings (SSSR count). The Bertz CT molecular complexity index is 440. The molecule has 122 valence electrons. The van der Waals surface area contributed by atoms with Crippen molar-refractivity contribution in [2.24, 2.45) is 0 Å². The van der Waals surface area contributed by atoms with E-state index in [2.05, 4.69) is 48.3 Å². The number of ether oxygens (including phenoxy) is 1. The van der Waals surface area contributed by atoms with E-state index in [1.165, 1.54) is 5.56 Å². The average molecular weight is 304 g/mol. The fraction of sp³-hybridized carbons (Fsp3) is 0.611. The van der Waals surface area contributed by atoms with E-state index in [0.29, 0.717) is 19.2 Å². The summed E-state index contributed by atoms with van der Waals surface area (Å²) >= 11 is 0. The third-order valence-electron chi connectivity index (χ3n) is 4.38. The normalized spacial score (nSPS) is 19.3. The van der Waals surface area contributed by atoms with Gasteiger partial charge in [0.1, 0.15) is 6.10 Å². The summed E-state index contributed by atoms with van der Waals surface area (Å²) in [5.41, 5.74) is 1.31. The Hall–Kier alpha value is -1.39. The number of nitrogens with one attached hydrogen (secondary N) is 1. The molecule has 1 amide bonds. The first-order valence-electron chi connectivity index (χ1n) is 8.41. The van der Waals surface area contributed by atoms with E-state index < -0.39 is 0 Å². The summed E-state index contributed by atoms with van der Waals surface area (Å²) in [6.07, 6.45) is 2.55. The molecule has 4 heteroatoms. The van der Waals surface area contributed by atoms with Crippen LogP contribution in [0.15, 0.2) is 30.3 Å². The van der Waals surface area contributed by atoms with Crippen molar-refractivity contribution in [1.29, 1.82) is 0 Å². The highest BCUT2D eigenvalue weighted by Crippen LogP contribution is 2.13. The zero-order chi connectivity index (χ0) is 15.8. The van der Waals surface area contributed by atoms with Crippen LogP contribution >= 0.6 is 0 Å². The zero-order valence-corrected chi connectivity index (χ0v) is 13.8. The van der Waals surface area contributed by atoms with Crippen LogP contribution in [0.2, 0.25) is 0 Å². The summed E-state index contributed by atoms with van der Waals surface area (Å²) in [6.45, 7) is 7.71. The molecule has 2 atom stereocenters. The molecule has 0 spiro atoms. The third-order valence-corrected chi connectivity index (χ3v) is 4.38. The molecule has 1 aromatic rings. The highest BCUT2D eigenvalue weighted by molar-refractivity contribution is 5.80. The Kier molecular flexibility index (Phi) is 6.87. The van der Waals surface area contributed by atoms with Crippen LogP contribution in [0.3, 0.4) is 0 Å². The minimum Gasteiger partial charge on any atom is -0.368 e. The molecule has 1 N–H and O–H groups in total. The van der Waals surface area contributed by atoms with Gasteiger partial charge in [-0.05, 0) is 37.9 Å². The first-order valence-corrected chi connectivity index (χ1v) is 8.41. The van der Waals surface area contributed by atoms with Crippen molar-refractivity contribution in [1.82, 2.24) is 10.2 Å². The maximum absolute atomic E-state index is 12.1. The van der Waals surface area contributed by atoms with Crippen molar-refractivity contribution in [2.75, 3.05) is 26.2 Å². The van der Waals surface area contributed by atoms with Crippen LogP contribution in [0.5, 0.6) is 0 Å². The molecule has 0 saturated carbocycles. The first kappa shape index (κ1) is 17.0. The van der Waals surface area contributed by atoms with Crippen molar-refractivity contribution in [2.45, 2.75) is 45.3 Å². The van der Waals surface area contributed by atoms with Crippen LogP contribution < -0.4 is 5.32 Å². The fourth-order valence-corrected chi connectivity index (χ4v) is 3.07. The number of rotatable bonds is 8. The third kappa shape index (κ3) is 4.82. The molecule has 0 aliphatic carbocycles. The van der Waals surface area contributed by atoms with E-state index in [4.69, 9.17) is 4.74 Å². The van der Waals surface area contributed by atoms with E-state index in [9.17, 15) is 4.79 Å². The molecule has 0 aromatic heterocycles. The Morgan fingerprint density at radius 3 is 2.64 bits per heavy atom. The summed E-state index contributed by atoms with van der Waals surface area (Å²) in [5, 5.41) is 3.09. The second-order valence-corrected chi connectivity index (χ2v) is 5.81.